The van der Waals surface area contributed by atoms with Crippen LogP contribution in [-0.4, -0.2) is 54.6 Å². The molecule has 0 saturated carbocycles. The van der Waals surface area contributed by atoms with Crippen molar-refractivity contribution in [2.45, 2.75) is 43.4 Å². The van der Waals surface area contributed by atoms with Gasteiger partial charge in [-0.05, 0) is 30.5 Å². The van der Waals surface area contributed by atoms with Crippen LogP contribution in [0.25, 0.3) is 0 Å². The fourth-order valence-electron chi connectivity index (χ4n) is 3.92. The summed E-state index contributed by atoms with van der Waals surface area (Å²) < 4.78 is 24.8. The van der Waals surface area contributed by atoms with E-state index in [0.29, 0.717) is 32.6 Å². The first-order valence-corrected chi connectivity index (χ1v) is 8.83. The van der Waals surface area contributed by atoms with Gasteiger partial charge in [0.05, 0.1) is 29.4 Å². The zero-order valence-corrected chi connectivity index (χ0v) is 14.8. The number of likely N-dealkylation sites (tertiary alicyclic amines) is 1. The fourth-order valence-corrected chi connectivity index (χ4v) is 4.04. The van der Waals surface area contributed by atoms with E-state index in [1.54, 1.807) is 13.2 Å². The molecule has 2 saturated heterocycles. The van der Waals surface area contributed by atoms with Crippen LogP contribution >= 0.6 is 11.6 Å². The molecule has 0 bridgehead atoms. The Balaban J connectivity index is 1.58. The highest BCUT2D eigenvalue weighted by atomic mass is 35.5. The summed E-state index contributed by atoms with van der Waals surface area (Å²) in [4.78, 5) is 2.29. The summed E-state index contributed by atoms with van der Waals surface area (Å²) in [6.07, 6.45) is 2.98. The fraction of sp³-hybridized carbons (Fsp3) is 0.667. The molecule has 3 rings (SSSR count). The highest BCUT2D eigenvalue weighted by Crippen LogP contribution is 2.40. The van der Waals surface area contributed by atoms with Gasteiger partial charge < -0.3 is 14.6 Å². The Morgan fingerprint density at radius 3 is 2.75 bits per heavy atom. The van der Waals surface area contributed by atoms with E-state index < -0.39 is 5.60 Å². The zero-order valence-electron chi connectivity index (χ0n) is 14.1. The van der Waals surface area contributed by atoms with Gasteiger partial charge in [0.1, 0.15) is 5.82 Å². The lowest BCUT2D eigenvalue weighted by Gasteiger charge is -2.49. The minimum Gasteiger partial charge on any atom is -0.387 e. The standard InChI is InChI=1S/C18H25ClFNO3/c1-23-13-17(22)6-9-24-18(12-17)4-7-21(8-5-18)11-14-2-3-15(19)16(20)10-14/h2-3,10,22H,4-9,11-13H2,1H3. The van der Waals surface area contributed by atoms with Crippen molar-refractivity contribution in [1.82, 2.24) is 4.90 Å². The van der Waals surface area contributed by atoms with Gasteiger partial charge in [0.25, 0.3) is 0 Å². The van der Waals surface area contributed by atoms with Crippen molar-refractivity contribution in [3.63, 3.8) is 0 Å². The number of benzene rings is 1. The third kappa shape index (κ3) is 4.09. The molecule has 2 fully saturated rings. The van der Waals surface area contributed by atoms with Crippen molar-refractivity contribution in [3.05, 3.63) is 34.6 Å². The minimum atomic E-state index is -0.783. The molecule has 24 heavy (non-hydrogen) atoms. The molecular weight excluding hydrogens is 333 g/mol. The van der Waals surface area contributed by atoms with E-state index in [-0.39, 0.29) is 16.4 Å². The number of methoxy groups -OCH3 is 1. The molecule has 1 aromatic rings. The molecule has 2 aliphatic heterocycles. The Morgan fingerprint density at radius 2 is 2.08 bits per heavy atom. The third-order valence-corrected chi connectivity index (χ3v) is 5.50. The van der Waals surface area contributed by atoms with Crippen molar-refractivity contribution in [3.8, 4) is 0 Å². The first kappa shape index (κ1) is 18.1. The number of rotatable bonds is 4. The first-order valence-electron chi connectivity index (χ1n) is 8.45. The van der Waals surface area contributed by atoms with E-state index in [1.165, 1.54) is 6.07 Å². The Morgan fingerprint density at radius 1 is 1.33 bits per heavy atom. The van der Waals surface area contributed by atoms with E-state index >= 15 is 0 Å². The van der Waals surface area contributed by atoms with Crippen LogP contribution in [0, 0.1) is 5.82 Å². The Labute approximate surface area is 147 Å². The number of hydrogen-bond donors (Lipinski definition) is 1. The molecule has 2 heterocycles. The van der Waals surface area contributed by atoms with Gasteiger partial charge in [-0.2, -0.15) is 0 Å². The average molecular weight is 358 g/mol. The number of hydrogen-bond acceptors (Lipinski definition) is 4. The van der Waals surface area contributed by atoms with Crippen LogP contribution in [0.1, 0.15) is 31.2 Å². The number of nitrogens with zero attached hydrogens (tertiary/aromatic N) is 1. The lowest BCUT2D eigenvalue weighted by molar-refractivity contribution is -0.191. The lowest BCUT2D eigenvalue weighted by Crippen LogP contribution is -2.55. The highest BCUT2D eigenvalue weighted by molar-refractivity contribution is 6.30. The predicted octanol–water partition coefficient (Wildman–Crippen LogP) is 3.00. The van der Waals surface area contributed by atoms with Crippen LogP contribution in [0.4, 0.5) is 4.39 Å². The van der Waals surface area contributed by atoms with Gasteiger partial charge in [-0.3, -0.25) is 4.90 Å². The molecule has 134 valence electrons. The largest absolute Gasteiger partial charge is 0.387 e. The SMILES string of the molecule is COCC1(O)CCOC2(CCN(Cc3ccc(Cl)c(F)c3)CC2)C1. The second-order valence-electron chi connectivity index (χ2n) is 7.14. The summed E-state index contributed by atoms with van der Waals surface area (Å²) in [6.45, 7) is 3.36. The van der Waals surface area contributed by atoms with Crippen molar-refractivity contribution >= 4 is 11.6 Å². The van der Waals surface area contributed by atoms with Crippen molar-refractivity contribution in [1.29, 1.82) is 0 Å². The van der Waals surface area contributed by atoms with Crippen LogP contribution in [0.5, 0.6) is 0 Å². The topological polar surface area (TPSA) is 41.9 Å². The molecule has 1 atom stereocenters. The molecule has 2 aliphatic rings. The van der Waals surface area contributed by atoms with Crippen LogP contribution < -0.4 is 0 Å². The number of halogens is 2. The van der Waals surface area contributed by atoms with E-state index in [9.17, 15) is 9.50 Å². The van der Waals surface area contributed by atoms with Gasteiger partial charge in [0, 0.05) is 39.6 Å². The van der Waals surface area contributed by atoms with Gasteiger partial charge in [-0.1, -0.05) is 17.7 Å². The molecule has 4 nitrogen and oxygen atoms in total. The first-order chi connectivity index (χ1) is 11.4. The molecule has 0 aliphatic carbocycles. The molecule has 1 aromatic carbocycles. The Bertz CT molecular complexity index is 573. The molecule has 1 unspecified atom stereocenters. The maximum absolute atomic E-state index is 13.6. The van der Waals surface area contributed by atoms with Gasteiger partial charge >= 0.3 is 0 Å². The summed E-state index contributed by atoms with van der Waals surface area (Å²) in [6, 6.07) is 4.97. The summed E-state index contributed by atoms with van der Waals surface area (Å²) in [7, 11) is 1.62. The van der Waals surface area contributed by atoms with E-state index in [0.717, 1.165) is 31.5 Å². The highest BCUT2D eigenvalue weighted by Gasteiger charge is 2.46. The third-order valence-electron chi connectivity index (χ3n) is 5.20. The normalized spacial score (nSPS) is 27.5. The average Bonchev–Trinajstić information content (AvgIpc) is 2.53. The van der Waals surface area contributed by atoms with Gasteiger partial charge in [0.15, 0.2) is 0 Å². The molecule has 6 heteroatoms. The molecule has 0 aromatic heterocycles. The molecule has 1 N–H and O–H groups in total. The van der Waals surface area contributed by atoms with E-state index in [2.05, 4.69) is 4.90 Å². The predicted molar refractivity (Wildman–Crippen MR) is 90.7 cm³/mol. The van der Waals surface area contributed by atoms with E-state index in [4.69, 9.17) is 21.1 Å². The van der Waals surface area contributed by atoms with Gasteiger partial charge in [-0.25, -0.2) is 4.39 Å². The van der Waals surface area contributed by atoms with Crippen LogP contribution in [0.15, 0.2) is 18.2 Å². The summed E-state index contributed by atoms with van der Waals surface area (Å²) in [5.41, 5.74) is -0.116. The number of ether oxygens (including phenoxy) is 2. The van der Waals surface area contributed by atoms with Crippen LogP contribution in [0.3, 0.4) is 0 Å². The number of piperidine rings is 1. The maximum atomic E-state index is 13.6. The quantitative estimate of drug-likeness (QED) is 0.899. The monoisotopic (exact) mass is 357 g/mol. The van der Waals surface area contributed by atoms with Crippen molar-refractivity contribution in [2.75, 3.05) is 33.4 Å². The summed E-state index contributed by atoms with van der Waals surface area (Å²) in [5.74, 6) is -0.372. The molecule has 0 radical (unpaired) electrons. The van der Waals surface area contributed by atoms with Gasteiger partial charge in [-0.15, -0.1) is 0 Å². The Hall–Kier alpha value is -0.720. The van der Waals surface area contributed by atoms with Crippen molar-refractivity contribution < 1.29 is 19.0 Å². The molecule has 1 spiro atoms. The number of aliphatic hydroxyl groups is 1. The molecule has 0 amide bonds. The second kappa shape index (κ2) is 7.26. The summed E-state index contributed by atoms with van der Waals surface area (Å²) >= 11 is 5.73. The summed E-state index contributed by atoms with van der Waals surface area (Å²) in [5, 5.41) is 10.8. The smallest absolute Gasteiger partial charge is 0.142 e. The van der Waals surface area contributed by atoms with Crippen LogP contribution in [-0.2, 0) is 16.0 Å². The zero-order chi connectivity index (χ0) is 17.2. The second-order valence-corrected chi connectivity index (χ2v) is 7.55. The Kier molecular flexibility index (Phi) is 5.47. The van der Waals surface area contributed by atoms with Crippen molar-refractivity contribution in [2.24, 2.45) is 0 Å². The van der Waals surface area contributed by atoms with Gasteiger partial charge in [0.2, 0.25) is 0 Å². The maximum Gasteiger partial charge on any atom is 0.142 e. The lowest BCUT2D eigenvalue weighted by atomic mass is 9.77. The molecular formula is C18H25ClFNO3. The van der Waals surface area contributed by atoms with E-state index in [1.807, 2.05) is 6.07 Å². The van der Waals surface area contributed by atoms with Crippen LogP contribution in [0.2, 0.25) is 5.02 Å². The minimum absolute atomic E-state index is 0.157.